The Bertz CT molecular complexity index is 1230. The Morgan fingerprint density at radius 3 is 2.77 bits per heavy atom. The summed E-state index contributed by atoms with van der Waals surface area (Å²) >= 11 is 7.48. The number of aromatic nitrogens is 2. The van der Waals surface area contributed by atoms with Crippen molar-refractivity contribution in [3.63, 3.8) is 0 Å². The highest BCUT2D eigenvalue weighted by Crippen LogP contribution is 2.32. The molecule has 1 aliphatic rings. The number of carbonyl (C=O) groups is 1. The zero-order valence-corrected chi connectivity index (χ0v) is 18.5. The molecule has 2 N–H and O–H groups in total. The molecule has 158 valence electrons. The molecule has 1 amide bonds. The first-order valence-corrected chi connectivity index (χ1v) is 11.5. The maximum atomic E-state index is 12.9. The van der Waals surface area contributed by atoms with Crippen LogP contribution < -0.4 is 10.6 Å². The van der Waals surface area contributed by atoms with Crippen molar-refractivity contribution in [3.8, 4) is 0 Å². The second-order valence-electron chi connectivity index (χ2n) is 7.56. The van der Waals surface area contributed by atoms with E-state index >= 15 is 0 Å². The van der Waals surface area contributed by atoms with Crippen molar-refractivity contribution in [2.45, 2.75) is 6.42 Å². The lowest BCUT2D eigenvalue weighted by molar-refractivity contribution is 0.0741. The molecule has 8 heteroatoms. The highest BCUT2D eigenvalue weighted by Gasteiger charge is 2.20. The second kappa shape index (κ2) is 8.78. The number of halogens is 1. The van der Waals surface area contributed by atoms with E-state index in [4.69, 9.17) is 16.6 Å². The zero-order chi connectivity index (χ0) is 21.2. The van der Waals surface area contributed by atoms with Crippen LogP contribution in [0.4, 0.5) is 5.95 Å². The summed E-state index contributed by atoms with van der Waals surface area (Å²) in [6.45, 7) is 3.91. The number of benzene rings is 2. The van der Waals surface area contributed by atoms with E-state index in [1.54, 1.807) is 0 Å². The molecule has 1 fully saturated rings. The van der Waals surface area contributed by atoms with Crippen LogP contribution in [0.3, 0.4) is 0 Å². The van der Waals surface area contributed by atoms with Gasteiger partial charge in [0, 0.05) is 59.4 Å². The Labute approximate surface area is 189 Å². The van der Waals surface area contributed by atoms with Gasteiger partial charge in [0.2, 0.25) is 5.95 Å². The third-order valence-corrected chi connectivity index (χ3v) is 6.81. The molecule has 2 aromatic carbocycles. The Kier molecular flexibility index (Phi) is 5.72. The largest absolute Gasteiger partial charge is 0.354 e. The van der Waals surface area contributed by atoms with Gasteiger partial charge in [0.1, 0.15) is 0 Å². The van der Waals surface area contributed by atoms with Gasteiger partial charge in [0.15, 0.2) is 0 Å². The summed E-state index contributed by atoms with van der Waals surface area (Å²) in [7, 11) is 0. The molecule has 0 radical (unpaired) electrons. The van der Waals surface area contributed by atoms with Gasteiger partial charge in [0.25, 0.3) is 5.91 Å². The number of carbonyl (C=O) groups excluding carboxylic acids is 1. The molecule has 0 bridgehead atoms. The highest BCUT2D eigenvalue weighted by molar-refractivity contribution is 7.21. The summed E-state index contributed by atoms with van der Waals surface area (Å²) in [5, 5.41) is 9.31. The fourth-order valence-electron chi connectivity index (χ4n) is 3.79. The Hall–Kier alpha value is -2.74. The van der Waals surface area contributed by atoms with Gasteiger partial charge in [-0.1, -0.05) is 23.7 Å². The van der Waals surface area contributed by atoms with E-state index < -0.39 is 0 Å². The molecule has 5 rings (SSSR count). The number of nitrogens with zero attached hydrogens (tertiary/aromatic N) is 3. The van der Waals surface area contributed by atoms with Crippen LogP contribution in [-0.2, 0) is 6.42 Å². The summed E-state index contributed by atoms with van der Waals surface area (Å²) in [6.07, 6.45) is 2.69. The van der Waals surface area contributed by atoms with E-state index in [1.165, 1.54) is 16.9 Å². The second-order valence-corrected chi connectivity index (χ2v) is 9.09. The lowest BCUT2D eigenvalue weighted by atomic mass is 10.1. The molecule has 0 unspecified atom stereocenters. The molecular weight excluding hydrogens is 430 g/mol. The molecule has 31 heavy (non-hydrogen) atoms. The van der Waals surface area contributed by atoms with E-state index in [-0.39, 0.29) is 5.91 Å². The van der Waals surface area contributed by atoms with Crippen LogP contribution in [-0.4, -0.2) is 53.5 Å². The summed E-state index contributed by atoms with van der Waals surface area (Å²) in [4.78, 5) is 24.8. The van der Waals surface area contributed by atoms with E-state index in [9.17, 15) is 4.79 Å². The van der Waals surface area contributed by atoms with Gasteiger partial charge in [0.05, 0.1) is 10.4 Å². The summed E-state index contributed by atoms with van der Waals surface area (Å²) in [5.41, 5.74) is 2.08. The fourth-order valence-corrected chi connectivity index (χ4v) is 4.95. The maximum absolute atomic E-state index is 12.9. The van der Waals surface area contributed by atoms with Gasteiger partial charge >= 0.3 is 0 Å². The number of piperazine rings is 1. The number of amides is 1. The fraction of sp³-hybridized carbons (Fsp3) is 0.261. The first-order chi connectivity index (χ1) is 15.2. The van der Waals surface area contributed by atoms with Crippen molar-refractivity contribution >= 4 is 55.8 Å². The van der Waals surface area contributed by atoms with Crippen LogP contribution in [0.15, 0.2) is 48.7 Å². The number of nitrogens with one attached hydrogen (secondary N) is 2. The van der Waals surface area contributed by atoms with Gasteiger partial charge in [-0.15, -0.1) is 11.3 Å². The van der Waals surface area contributed by atoms with Crippen molar-refractivity contribution in [1.82, 2.24) is 20.2 Å². The third kappa shape index (κ3) is 4.35. The number of hydrogen-bond donors (Lipinski definition) is 2. The quantitative estimate of drug-likeness (QED) is 0.476. The average molecular weight is 452 g/mol. The molecule has 2 aromatic heterocycles. The van der Waals surface area contributed by atoms with Crippen molar-refractivity contribution in [3.05, 3.63) is 64.1 Å². The molecular formula is C23H22ClN5OS. The predicted molar refractivity (Wildman–Crippen MR) is 127 cm³/mol. The normalized spacial score (nSPS) is 14.3. The van der Waals surface area contributed by atoms with Crippen molar-refractivity contribution in [2.24, 2.45) is 0 Å². The first kappa shape index (κ1) is 20.2. The lowest BCUT2D eigenvalue weighted by Gasteiger charge is -2.26. The molecule has 3 heterocycles. The van der Waals surface area contributed by atoms with Gasteiger partial charge in [-0.2, -0.15) is 0 Å². The summed E-state index contributed by atoms with van der Waals surface area (Å²) in [5.74, 6) is 0.696. The van der Waals surface area contributed by atoms with Crippen LogP contribution in [0.2, 0.25) is 5.02 Å². The zero-order valence-electron chi connectivity index (χ0n) is 16.9. The van der Waals surface area contributed by atoms with E-state index in [0.717, 1.165) is 70.0 Å². The van der Waals surface area contributed by atoms with Crippen LogP contribution in [0, 0.1) is 0 Å². The molecule has 0 spiro atoms. The number of thiophene rings is 1. The smallest absolute Gasteiger partial charge is 0.264 e. The molecule has 1 saturated heterocycles. The van der Waals surface area contributed by atoms with Gasteiger partial charge in [-0.3, -0.25) is 4.79 Å². The SMILES string of the molecule is O=C(c1cc2c(ccc3cnc(NCCc4ccc(Cl)cc4)nc32)s1)N1CCNCC1. The number of hydrogen-bond acceptors (Lipinski definition) is 6. The van der Waals surface area contributed by atoms with Crippen LogP contribution in [0.5, 0.6) is 0 Å². The molecule has 0 aliphatic carbocycles. The maximum Gasteiger partial charge on any atom is 0.264 e. The minimum Gasteiger partial charge on any atom is -0.354 e. The topological polar surface area (TPSA) is 70.2 Å². The summed E-state index contributed by atoms with van der Waals surface area (Å²) in [6, 6.07) is 13.9. The standard InChI is InChI=1S/C23H22ClN5OS/c24-17-4-1-15(2-5-17)7-8-26-23-27-14-16-3-6-19-18(21(16)28-23)13-20(31-19)22(30)29-11-9-25-10-12-29/h1-6,13-14,25H,7-12H2,(H,26,27,28). The Balaban J connectivity index is 1.37. The summed E-state index contributed by atoms with van der Waals surface area (Å²) < 4.78 is 1.07. The van der Waals surface area contributed by atoms with Crippen LogP contribution in [0.1, 0.15) is 15.2 Å². The van der Waals surface area contributed by atoms with E-state index in [1.807, 2.05) is 53.6 Å². The van der Waals surface area contributed by atoms with Crippen LogP contribution in [0.25, 0.3) is 21.0 Å². The van der Waals surface area contributed by atoms with E-state index in [0.29, 0.717) is 5.95 Å². The first-order valence-electron chi connectivity index (χ1n) is 10.3. The minimum absolute atomic E-state index is 0.103. The third-order valence-electron chi connectivity index (χ3n) is 5.47. The van der Waals surface area contributed by atoms with Gasteiger partial charge < -0.3 is 15.5 Å². The Morgan fingerprint density at radius 2 is 1.97 bits per heavy atom. The number of fused-ring (bicyclic) bond motifs is 3. The van der Waals surface area contributed by atoms with Gasteiger partial charge in [-0.05, 0) is 42.3 Å². The monoisotopic (exact) mass is 451 g/mol. The molecule has 0 atom stereocenters. The molecule has 1 aliphatic heterocycles. The number of anilines is 1. The number of rotatable bonds is 5. The predicted octanol–water partition coefficient (Wildman–Crippen LogP) is 4.20. The average Bonchev–Trinajstić information content (AvgIpc) is 3.25. The molecule has 4 aromatic rings. The van der Waals surface area contributed by atoms with Crippen molar-refractivity contribution in [1.29, 1.82) is 0 Å². The van der Waals surface area contributed by atoms with Crippen molar-refractivity contribution in [2.75, 3.05) is 38.0 Å². The van der Waals surface area contributed by atoms with Gasteiger partial charge in [-0.25, -0.2) is 9.97 Å². The van der Waals surface area contributed by atoms with E-state index in [2.05, 4.69) is 15.6 Å². The Morgan fingerprint density at radius 1 is 1.16 bits per heavy atom. The minimum atomic E-state index is 0.103. The molecule has 0 saturated carbocycles. The van der Waals surface area contributed by atoms with Crippen molar-refractivity contribution < 1.29 is 4.79 Å². The molecule has 6 nitrogen and oxygen atoms in total. The lowest BCUT2D eigenvalue weighted by Crippen LogP contribution is -2.46. The highest BCUT2D eigenvalue weighted by atomic mass is 35.5. The van der Waals surface area contributed by atoms with Crippen LogP contribution >= 0.6 is 22.9 Å².